The molecule has 24 heavy (non-hydrogen) atoms. The number of carbonyl (C=O) groups excluding carboxylic acids is 1. The highest BCUT2D eigenvalue weighted by Crippen LogP contribution is 2.14. The predicted molar refractivity (Wildman–Crippen MR) is 98.8 cm³/mol. The highest BCUT2D eigenvalue weighted by molar-refractivity contribution is 5.94. The first-order chi connectivity index (χ1) is 11.7. The van der Waals surface area contributed by atoms with Gasteiger partial charge in [0.1, 0.15) is 0 Å². The fourth-order valence-electron chi connectivity index (χ4n) is 3.00. The maximum atomic E-state index is 12.2. The second-order valence-corrected chi connectivity index (χ2v) is 6.14. The third-order valence-electron chi connectivity index (χ3n) is 4.55. The summed E-state index contributed by atoms with van der Waals surface area (Å²) in [7, 11) is 0. The molecule has 1 N–H and O–H groups in total. The normalized spacial score (nSPS) is 15.2. The molecule has 1 amide bonds. The van der Waals surface area contributed by atoms with E-state index in [2.05, 4.69) is 29.0 Å². The van der Waals surface area contributed by atoms with Crippen molar-refractivity contribution in [3.05, 3.63) is 29.8 Å². The fourth-order valence-corrected chi connectivity index (χ4v) is 3.00. The fraction of sp³-hybridized carbons (Fsp3) is 0.632. The van der Waals surface area contributed by atoms with Gasteiger partial charge in [-0.05, 0) is 57.5 Å². The number of amides is 1. The summed E-state index contributed by atoms with van der Waals surface area (Å²) in [6, 6.07) is 7.88. The van der Waals surface area contributed by atoms with Crippen LogP contribution in [0.2, 0.25) is 0 Å². The molecule has 0 spiro atoms. The van der Waals surface area contributed by atoms with E-state index < -0.39 is 0 Å². The second kappa shape index (κ2) is 10.3. The average molecular weight is 333 g/mol. The Morgan fingerprint density at radius 1 is 1.12 bits per heavy atom. The van der Waals surface area contributed by atoms with Crippen LogP contribution in [0.4, 0.5) is 5.69 Å². The van der Waals surface area contributed by atoms with Crippen LogP contribution < -0.4 is 10.2 Å². The molecule has 0 unspecified atom stereocenters. The Labute approximate surface area is 146 Å². The van der Waals surface area contributed by atoms with Crippen LogP contribution in [-0.2, 0) is 4.74 Å². The molecule has 1 aromatic carbocycles. The number of benzene rings is 1. The molecule has 1 aliphatic rings. The predicted octanol–water partition coefficient (Wildman–Crippen LogP) is 2.38. The molecule has 2 rings (SSSR count). The topological polar surface area (TPSA) is 44.8 Å². The third-order valence-corrected chi connectivity index (χ3v) is 4.55. The van der Waals surface area contributed by atoms with E-state index in [1.807, 2.05) is 24.3 Å². The molecule has 1 saturated heterocycles. The van der Waals surface area contributed by atoms with Crippen molar-refractivity contribution in [2.45, 2.75) is 26.7 Å². The molecular weight excluding hydrogens is 302 g/mol. The SMILES string of the molecule is CCN(CC)c1ccc(C(=O)NCCCCN2CCOCC2)cc1. The number of hydrogen-bond acceptors (Lipinski definition) is 4. The summed E-state index contributed by atoms with van der Waals surface area (Å²) >= 11 is 0. The molecule has 1 fully saturated rings. The molecule has 134 valence electrons. The van der Waals surface area contributed by atoms with Gasteiger partial charge in [-0.1, -0.05) is 0 Å². The minimum atomic E-state index is 0.0208. The standard InChI is InChI=1S/C19H31N3O2/c1-3-22(4-2)18-9-7-17(8-10-18)19(23)20-11-5-6-12-21-13-15-24-16-14-21/h7-10H,3-6,11-16H2,1-2H3,(H,20,23). The molecule has 1 aromatic rings. The largest absolute Gasteiger partial charge is 0.379 e. The number of ether oxygens (including phenoxy) is 1. The Balaban J connectivity index is 1.66. The molecule has 5 heteroatoms. The second-order valence-electron chi connectivity index (χ2n) is 6.14. The van der Waals surface area contributed by atoms with E-state index in [0.29, 0.717) is 0 Å². The lowest BCUT2D eigenvalue weighted by atomic mass is 10.1. The van der Waals surface area contributed by atoms with Gasteiger partial charge in [-0.15, -0.1) is 0 Å². The minimum Gasteiger partial charge on any atom is -0.379 e. The zero-order valence-electron chi connectivity index (χ0n) is 15.1. The zero-order valence-corrected chi connectivity index (χ0v) is 15.1. The molecule has 0 bridgehead atoms. The van der Waals surface area contributed by atoms with Crippen molar-refractivity contribution in [2.75, 3.05) is 57.4 Å². The van der Waals surface area contributed by atoms with Crippen molar-refractivity contribution >= 4 is 11.6 Å². The number of anilines is 1. The van der Waals surface area contributed by atoms with Gasteiger partial charge in [0.15, 0.2) is 0 Å². The van der Waals surface area contributed by atoms with Crippen molar-refractivity contribution in [1.29, 1.82) is 0 Å². The highest BCUT2D eigenvalue weighted by Gasteiger charge is 2.10. The third kappa shape index (κ3) is 5.80. The number of morpholine rings is 1. The number of nitrogens with one attached hydrogen (secondary N) is 1. The summed E-state index contributed by atoms with van der Waals surface area (Å²) in [6.07, 6.45) is 2.13. The van der Waals surface area contributed by atoms with E-state index in [-0.39, 0.29) is 5.91 Å². The van der Waals surface area contributed by atoms with Gasteiger partial charge in [0.05, 0.1) is 13.2 Å². The van der Waals surface area contributed by atoms with Gasteiger partial charge in [0.25, 0.3) is 5.91 Å². The summed E-state index contributed by atoms with van der Waals surface area (Å²) < 4.78 is 5.34. The van der Waals surface area contributed by atoms with Crippen molar-refractivity contribution in [2.24, 2.45) is 0 Å². The van der Waals surface area contributed by atoms with E-state index in [9.17, 15) is 4.79 Å². The number of rotatable bonds is 9. The van der Waals surface area contributed by atoms with E-state index in [1.54, 1.807) is 0 Å². The van der Waals surface area contributed by atoms with Crippen LogP contribution in [0.15, 0.2) is 24.3 Å². The molecule has 0 radical (unpaired) electrons. The quantitative estimate of drug-likeness (QED) is 0.705. The Hall–Kier alpha value is -1.59. The van der Waals surface area contributed by atoms with Gasteiger partial charge in [-0.25, -0.2) is 0 Å². The lowest BCUT2D eigenvalue weighted by molar-refractivity contribution is 0.0372. The molecule has 5 nitrogen and oxygen atoms in total. The smallest absolute Gasteiger partial charge is 0.251 e. The van der Waals surface area contributed by atoms with Crippen molar-refractivity contribution in [1.82, 2.24) is 10.2 Å². The summed E-state index contributed by atoms with van der Waals surface area (Å²) in [4.78, 5) is 16.9. The van der Waals surface area contributed by atoms with Gasteiger partial charge in [0, 0.05) is 44.0 Å². The lowest BCUT2D eigenvalue weighted by Gasteiger charge is -2.26. The van der Waals surface area contributed by atoms with Crippen molar-refractivity contribution in [3.63, 3.8) is 0 Å². The summed E-state index contributed by atoms with van der Waals surface area (Å²) in [6.45, 7) is 11.8. The van der Waals surface area contributed by atoms with Crippen LogP contribution in [0.5, 0.6) is 0 Å². The van der Waals surface area contributed by atoms with Gasteiger partial charge >= 0.3 is 0 Å². The first kappa shape index (κ1) is 18.7. The van der Waals surface area contributed by atoms with E-state index >= 15 is 0 Å². The Bertz CT molecular complexity index is 480. The van der Waals surface area contributed by atoms with Crippen LogP contribution in [-0.4, -0.2) is 63.3 Å². The monoisotopic (exact) mass is 333 g/mol. The molecule has 0 saturated carbocycles. The van der Waals surface area contributed by atoms with Crippen LogP contribution in [0.25, 0.3) is 0 Å². The summed E-state index contributed by atoms with van der Waals surface area (Å²) in [5, 5.41) is 3.02. The average Bonchev–Trinajstić information content (AvgIpc) is 2.64. The Morgan fingerprint density at radius 2 is 1.79 bits per heavy atom. The molecule has 0 aromatic heterocycles. The van der Waals surface area contributed by atoms with Crippen LogP contribution in [0, 0.1) is 0 Å². The first-order valence-corrected chi connectivity index (χ1v) is 9.18. The summed E-state index contributed by atoms with van der Waals surface area (Å²) in [5.41, 5.74) is 1.90. The first-order valence-electron chi connectivity index (χ1n) is 9.18. The van der Waals surface area contributed by atoms with Crippen molar-refractivity contribution < 1.29 is 9.53 Å². The van der Waals surface area contributed by atoms with Crippen molar-refractivity contribution in [3.8, 4) is 0 Å². The van der Waals surface area contributed by atoms with E-state index in [1.165, 1.54) is 5.69 Å². The molecule has 1 aliphatic heterocycles. The number of nitrogens with zero attached hydrogens (tertiary/aromatic N) is 2. The zero-order chi connectivity index (χ0) is 17.2. The van der Waals surface area contributed by atoms with Gasteiger partial charge in [0.2, 0.25) is 0 Å². The van der Waals surface area contributed by atoms with Gasteiger partial charge in [-0.3, -0.25) is 9.69 Å². The number of unbranched alkanes of at least 4 members (excludes halogenated alkanes) is 1. The molecule has 0 atom stereocenters. The van der Waals surface area contributed by atoms with Crippen LogP contribution in [0.3, 0.4) is 0 Å². The Morgan fingerprint density at radius 3 is 2.42 bits per heavy atom. The number of carbonyl (C=O) groups is 1. The van der Waals surface area contributed by atoms with E-state index in [4.69, 9.17) is 4.74 Å². The Kier molecular flexibility index (Phi) is 8.05. The molecular formula is C19H31N3O2. The maximum absolute atomic E-state index is 12.2. The molecule has 0 aliphatic carbocycles. The van der Waals surface area contributed by atoms with E-state index in [0.717, 1.165) is 70.9 Å². The van der Waals surface area contributed by atoms with Gasteiger partial charge < -0.3 is 15.0 Å². The minimum absolute atomic E-state index is 0.0208. The maximum Gasteiger partial charge on any atom is 0.251 e. The summed E-state index contributed by atoms with van der Waals surface area (Å²) in [5.74, 6) is 0.0208. The van der Waals surface area contributed by atoms with Crippen LogP contribution >= 0.6 is 0 Å². The highest BCUT2D eigenvalue weighted by atomic mass is 16.5. The number of hydrogen-bond donors (Lipinski definition) is 1. The van der Waals surface area contributed by atoms with Crippen LogP contribution in [0.1, 0.15) is 37.0 Å². The molecule has 1 heterocycles. The lowest BCUT2D eigenvalue weighted by Crippen LogP contribution is -2.37. The van der Waals surface area contributed by atoms with Gasteiger partial charge in [-0.2, -0.15) is 0 Å².